The topological polar surface area (TPSA) is 48.4 Å². The number of nitrogens with zero attached hydrogens (tertiary/aromatic N) is 1. The lowest BCUT2D eigenvalue weighted by Gasteiger charge is -2.25. The van der Waals surface area contributed by atoms with Gasteiger partial charge in [-0.15, -0.1) is 11.3 Å². The summed E-state index contributed by atoms with van der Waals surface area (Å²) in [5.74, 6) is 1.01. The Kier molecular flexibility index (Phi) is 5.72. The molecule has 0 radical (unpaired) electrons. The maximum absolute atomic E-state index is 14.2. The van der Waals surface area contributed by atoms with Gasteiger partial charge in [0.1, 0.15) is 17.2 Å². The average Bonchev–Trinajstić information content (AvgIpc) is 3.01. The number of benzene rings is 2. The van der Waals surface area contributed by atoms with Crippen molar-refractivity contribution in [2.45, 2.75) is 10.00 Å². The van der Waals surface area contributed by atoms with Crippen LogP contribution in [0.1, 0.15) is 16.2 Å². The van der Waals surface area contributed by atoms with E-state index in [1.807, 2.05) is 67.0 Å². The Morgan fingerprint density at radius 2 is 1.57 bits per heavy atom. The maximum Gasteiger partial charge on any atom is 0.442 e. The largest absolute Gasteiger partial charge is 0.442 e. The van der Waals surface area contributed by atoms with Gasteiger partial charge in [-0.2, -0.15) is 0 Å². The molecule has 4 nitrogen and oxygen atoms in total. The number of hydrogen-bond donors (Lipinski definition) is 0. The third-order valence-electron chi connectivity index (χ3n) is 4.06. The minimum absolute atomic E-state index is 0.503. The molecule has 0 amide bonds. The van der Waals surface area contributed by atoms with Gasteiger partial charge in [-0.3, -0.25) is 0 Å². The Morgan fingerprint density at radius 3 is 2.14 bits per heavy atom. The second kappa shape index (κ2) is 8.39. The quantitative estimate of drug-likeness (QED) is 0.318. The molecule has 7 heteroatoms. The summed E-state index contributed by atoms with van der Waals surface area (Å²) in [5, 5.41) is 0. The minimum atomic E-state index is -3.66. The van der Waals surface area contributed by atoms with Crippen molar-refractivity contribution in [1.29, 1.82) is 0 Å². The lowest BCUT2D eigenvalue weighted by atomic mass is 10.3. The van der Waals surface area contributed by atoms with E-state index in [2.05, 4.69) is 4.98 Å². The first-order valence-electron chi connectivity index (χ1n) is 8.66. The van der Waals surface area contributed by atoms with Crippen LogP contribution in [0.15, 0.2) is 83.2 Å². The summed E-state index contributed by atoms with van der Waals surface area (Å²) in [6, 6.07) is 18.3. The van der Waals surface area contributed by atoms with Gasteiger partial charge in [0.2, 0.25) is 0 Å². The fourth-order valence-electron chi connectivity index (χ4n) is 2.78. The van der Waals surface area contributed by atoms with Gasteiger partial charge in [-0.05, 0) is 36.6 Å². The number of aromatic nitrogens is 1. The molecular weight excluding hydrogens is 409 g/mol. The van der Waals surface area contributed by atoms with Crippen LogP contribution in [-0.4, -0.2) is 11.2 Å². The van der Waals surface area contributed by atoms with Gasteiger partial charge < -0.3 is 9.05 Å². The van der Waals surface area contributed by atoms with Gasteiger partial charge in [0.15, 0.2) is 4.34 Å². The molecule has 0 bridgehead atoms. The van der Waals surface area contributed by atoms with Crippen LogP contribution in [0.2, 0.25) is 0 Å². The highest BCUT2D eigenvalue weighted by molar-refractivity contribution is 8.00. The molecule has 28 heavy (non-hydrogen) atoms. The van der Waals surface area contributed by atoms with Crippen LogP contribution in [0.3, 0.4) is 0 Å². The molecule has 0 N–H and O–H groups in total. The first kappa shape index (κ1) is 19.1. The average molecular weight is 427 g/mol. The predicted octanol–water partition coefficient (Wildman–Crippen LogP) is 6.84. The predicted molar refractivity (Wildman–Crippen MR) is 117 cm³/mol. The van der Waals surface area contributed by atoms with E-state index in [4.69, 9.17) is 9.05 Å². The van der Waals surface area contributed by atoms with E-state index in [-0.39, 0.29) is 0 Å². The van der Waals surface area contributed by atoms with Crippen molar-refractivity contribution in [3.63, 3.8) is 0 Å². The highest BCUT2D eigenvalue weighted by atomic mass is 32.2. The van der Waals surface area contributed by atoms with Gasteiger partial charge in [-0.1, -0.05) is 66.4 Å². The molecule has 2 aromatic carbocycles. The highest BCUT2D eigenvalue weighted by Gasteiger charge is 2.42. The Morgan fingerprint density at radius 1 is 0.964 bits per heavy atom. The van der Waals surface area contributed by atoms with Crippen molar-refractivity contribution in [2.24, 2.45) is 0 Å². The van der Waals surface area contributed by atoms with E-state index >= 15 is 0 Å². The van der Waals surface area contributed by atoms with E-state index in [0.29, 0.717) is 11.5 Å². The van der Waals surface area contributed by atoms with Crippen molar-refractivity contribution < 1.29 is 13.6 Å². The molecule has 0 saturated heterocycles. The lowest BCUT2D eigenvalue weighted by Crippen LogP contribution is -2.09. The minimum Gasteiger partial charge on any atom is -0.415 e. The van der Waals surface area contributed by atoms with Crippen LogP contribution in [0.25, 0.3) is 6.08 Å². The van der Waals surface area contributed by atoms with Crippen molar-refractivity contribution in [3.8, 4) is 11.5 Å². The number of thiazole rings is 1. The van der Waals surface area contributed by atoms with Gasteiger partial charge in [0.25, 0.3) is 0 Å². The molecule has 1 aliphatic carbocycles. The number of rotatable bonds is 6. The molecule has 4 rings (SSSR count). The second-order valence-electron chi connectivity index (χ2n) is 5.97. The third-order valence-corrected chi connectivity index (χ3v) is 8.41. The van der Waals surface area contributed by atoms with Gasteiger partial charge in [0.05, 0.1) is 10.6 Å². The van der Waals surface area contributed by atoms with Crippen LogP contribution in [0.4, 0.5) is 0 Å². The van der Waals surface area contributed by atoms with E-state index in [1.165, 1.54) is 11.3 Å². The zero-order valence-electron chi connectivity index (χ0n) is 15.1. The molecule has 0 fully saturated rings. The van der Waals surface area contributed by atoms with E-state index in [0.717, 1.165) is 14.9 Å². The van der Waals surface area contributed by atoms with Crippen LogP contribution in [0.5, 0.6) is 11.5 Å². The van der Waals surface area contributed by atoms with Crippen LogP contribution >= 0.6 is 30.7 Å². The molecule has 142 valence electrons. The molecule has 1 aromatic heterocycles. The smallest absolute Gasteiger partial charge is 0.415 e. The Labute approximate surface area is 172 Å². The number of allylic oxidation sites excluding steroid dienone is 3. The van der Waals surface area contributed by atoms with E-state index in [9.17, 15) is 4.57 Å². The summed E-state index contributed by atoms with van der Waals surface area (Å²) in [6.07, 6.45) is 9.55. The molecule has 0 aliphatic heterocycles. The first-order valence-corrected chi connectivity index (χ1v) is 12.3. The molecular formula is C21H18NO3PS2. The number of thioether (sulfide) groups is 1. The van der Waals surface area contributed by atoms with Crippen LogP contribution < -0.4 is 9.05 Å². The summed E-state index contributed by atoms with van der Waals surface area (Å²) >= 11 is 3.09. The second-order valence-corrected chi connectivity index (χ2v) is 10.1. The number of hydrogen-bond acceptors (Lipinski definition) is 6. The number of fused-ring (bicyclic) bond motifs is 1. The summed E-state index contributed by atoms with van der Waals surface area (Å²) in [5.41, 5.74) is 0.245. The zero-order valence-corrected chi connectivity index (χ0v) is 17.6. The summed E-state index contributed by atoms with van der Waals surface area (Å²) in [6.45, 7) is 0. The van der Waals surface area contributed by atoms with Gasteiger partial charge in [-0.25, -0.2) is 9.55 Å². The van der Waals surface area contributed by atoms with Crippen LogP contribution in [0, 0.1) is 0 Å². The summed E-state index contributed by atoms with van der Waals surface area (Å²) in [4.78, 5) is 5.51. The molecule has 3 aromatic rings. The van der Waals surface area contributed by atoms with Gasteiger partial charge in [0, 0.05) is 0 Å². The molecule has 1 unspecified atom stereocenters. The molecule has 1 aliphatic rings. The lowest BCUT2D eigenvalue weighted by molar-refractivity contribution is 0.379. The molecule has 1 heterocycles. The fraction of sp³-hybridized carbons (Fsp3) is 0.0952. The summed E-state index contributed by atoms with van der Waals surface area (Å²) < 4.78 is 27.1. The Hall–Kier alpha value is -2.27. The van der Waals surface area contributed by atoms with Gasteiger partial charge >= 0.3 is 7.60 Å². The fourth-order valence-corrected chi connectivity index (χ4v) is 6.70. The Bertz CT molecular complexity index is 1000. The molecule has 1 atom stereocenters. The maximum atomic E-state index is 14.2. The zero-order chi connectivity index (χ0) is 19.4. The van der Waals surface area contributed by atoms with E-state index < -0.39 is 13.3 Å². The molecule has 0 saturated carbocycles. The third kappa shape index (κ3) is 4.09. The van der Waals surface area contributed by atoms with Crippen molar-refractivity contribution in [3.05, 3.63) is 89.5 Å². The SMILES string of the molecule is CSc1nc2c(s1)C(P(=O)(Oc1ccccc1)Oc1ccccc1)C=CC=C2. The van der Waals surface area contributed by atoms with Crippen molar-refractivity contribution in [2.75, 3.05) is 6.26 Å². The first-order chi connectivity index (χ1) is 13.7. The van der Waals surface area contributed by atoms with Crippen molar-refractivity contribution in [1.82, 2.24) is 4.98 Å². The standard InChI is InChI=1S/C21H18NO3PS2/c1-27-21-22-18-14-8-9-15-19(20(18)28-21)26(23,24-16-10-4-2-5-11-16)25-17-12-6-3-7-13-17/h2-15,19H,1H3. The summed E-state index contributed by atoms with van der Waals surface area (Å²) in [7, 11) is -3.66. The van der Waals surface area contributed by atoms with E-state index in [1.54, 1.807) is 36.0 Å². The highest BCUT2D eigenvalue weighted by Crippen LogP contribution is 2.62. The number of para-hydroxylation sites is 2. The molecule has 0 spiro atoms. The van der Waals surface area contributed by atoms with Crippen molar-refractivity contribution >= 4 is 36.8 Å². The monoisotopic (exact) mass is 427 g/mol. The Balaban J connectivity index is 1.79. The normalized spacial score (nSPS) is 15.7. The van der Waals surface area contributed by atoms with Crippen LogP contribution in [-0.2, 0) is 4.57 Å².